The summed E-state index contributed by atoms with van der Waals surface area (Å²) in [6.07, 6.45) is 0.629. The van der Waals surface area contributed by atoms with Gasteiger partial charge in [-0.05, 0) is 43.9 Å². The third-order valence-corrected chi connectivity index (χ3v) is 3.20. The van der Waals surface area contributed by atoms with Crippen LogP contribution in [-0.4, -0.2) is 17.8 Å². The Morgan fingerprint density at radius 3 is 2.53 bits per heavy atom. The monoisotopic (exact) mass is 235 g/mol. The number of aliphatic hydroxyl groups is 1. The van der Waals surface area contributed by atoms with Crippen LogP contribution in [0.2, 0.25) is 0 Å². The maximum Gasteiger partial charge on any atom is 0.0575 e. The van der Waals surface area contributed by atoms with Gasteiger partial charge in [-0.15, -0.1) is 0 Å². The van der Waals surface area contributed by atoms with Crippen molar-refractivity contribution in [2.24, 2.45) is 5.92 Å². The molecule has 96 valence electrons. The fourth-order valence-corrected chi connectivity index (χ4v) is 1.85. The normalized spacial score (nSPS) is 13.1. The molecule has 0 spiro atoms. The lowest BCUT2D eigenvalue weighted by atomic mass is 10.0. The zero-order valence-electron chi connectivity index (χ0n) is 11.5. The van der Waals surface area contributed by atoms with Gasteiger partial charge < -0.3 is 10.4 Å². The zero-order chi connectivity index (χ0) is 12.8. The highest BCUT2D eigenvalue weighted by atomic mass is 16.3. The molecular weight excluding hydrogens is 210 g/mol. The van der Waals surface area contributed by atoms with Gasteiger partial charge in [0, 0.05) is 6.54 Å². The van der Waals surface area contributed by atoms with E-state index in [9.17, 15) is 5.11 Å². The second-order valence-electron chi connectivity index (χ2n) is 5.21. The minimum absolute atomic E-state index is 0.193. The molecule has 17 heavy (non-hydrogen) atoms. The first-order valence-corrected chi connectivity index (χ1v) is 6.45. The average Bonchev–Trinajstić information content (AvgIpc) is 2.26. The van der Waals surface area contributed by atoms with Crippen molar-refractivity contribution in [2.45, 2.75) is 46.8 Å². The molecule has 0 amide bonds. The van der Waals surface area contributed by atoms with Crippen LogP contribution in [0, 0.1) is 19.8 Å². The molecule has 2 N–H and O–H groups in total. The van der Waals surface area contributed by atoms with Crippen molar-refractivity contribution in [3.63, 3.8) is 0 Å². The second-order valence-corrected chi connectivity index (χ2v) is 5.21. The zero-order valence-corrected chi connectivity index (χ0v) is 11.5. The molecule has 2 heteroatoms. The Bertz CT molecular complexity index is 347. The lowest BCUT2D eigenvalue weighted by molar-refractivity contribution is 0.116. The van der Waals surface area contributed by atoms with Crippen molar-refractivity contribution in [1.82, 2.24) is 5.32 Å². The Hall–Kier alpha value is -0.860. The summed E-state index contributed by atoms with van der Waals surface area (Å²) in [6.45, 7) is 10.1. The number of aliphatic hydroxyl groups excluding tert-OH is 1. The molecule has 0 saturated carbocycles. The Morgan fingerprint density at radius 1 is 1.24 bits per heavy atom. The Labute approximate surface area is 105 Å². The van der Waals surface area contributed by atoms with Gasteiger partial charge in [0.2, 0.25) is 0 Å². The van der Waals surface area contributed by atoms with Crippen LogP contribution in [-0.2, 0) is 6.54 Å². The molecule has 0 fully saturated rings. The van der Waals surface area contributed by atoms with E-state index in [-0.39, 0.29) is 6.10 Å². The second kappa shape index (κ2) is 6.77. The summed E-state index contributed by atoms with van der Waals surface area (Å²) in [5.74, 6) is 0.345. The van der Waals surface area contributed by atoms with Crippen molar-refractivity contribution < 1.29 is 5.11 Å². The number of hydrogen-bond acceptors (Lipinski definition) is 2. The smallest absolute Gasteiger partial charge is 0.0575 e. The molecule has 0 heterocycles. The summed E-state index contributed by atoms with van der Waals surface area (Å²) in [4.78, 5) is 0. The summed E-state index contributed by atoms with van der Waals surface area (Å²) in [5.41, 5.74) is 3.98. The fourth-order valence-electron chi connectivity index (χ4n) is 1.85. The molecule has 0 aliphatic heterocycles. The molecule has 0 bridgehead atoms. The van der Waals surface area contributed by atoms with E-state index in [0.29, 0.717) is 5.92 Å². The van der Waals surface area contributed by atoms with Gasteiger partial charge in [0.05, 0.1) is 6.10 Å². The topological polar surface area (TPSA) is 32.3 Å². The lowest BCUT2D eigenvalue weighted by Gasteiger charge is -2.15. The van der Waals surface area contributed by atoms with Gasteiger partial charge in [0.15, 0.2) is 0 Å². The molecule has 1 aromatic carbocycles. The maximum absolute atomic E-state index is 9.67. The first-order valence-electron chi connectivity index (χ1n) is 6.45. The molecule has 0 radical (unpaired) electrons. The van der Waals surface area contributed by atoms with E-state index in [0.717, 1.165) is 19.5 Å². The molecule has 2 nitrogen and oxygen atoms in total. The third-order valence-electron chi connectivity index (χ3n) is 3.20. The van der Waals surface area contributed by atoms with Crippen LogP contribution >= 0.6 is 0 Å². The minimum atomic E-state index is -0.193. The fraction of sp³-hybridized carbons (Fsp3) is 0.600. The Morgan fingerprint density at radius 2 is 1.94 bits per heavy atom. The summed E-state index contributed by atoms with van der Waals surface area (Å²) < 4.78 is 0. The number of benzene rings is 1. The maximum atomic E-state index is 9.67. The number of hydrogen-bond donors (Lipinski definition) is 2. The van der Waals surface area contributed by atoms with Gasteiger partial charge in [-0.25, -0.2) is 0 Å². The predicted molar refractivity (Wildman–Crippen MR) is 73.1 cm³/mol. The van der Waals surface area contributed by atoms with E-state index in [2.05, 4.69) is 51.2 Å². The van der Waals surface area contributed by atoms with Gasteiger partial charge in [0.25, 0.3) is 0 Å². The number of aryl methyl sites for hydroxylation is 2. The lowest BCUT2D eigenvalue weighted by Crippen LogP contribution is -2.23. The molecule has 1 rings (SSSR count). The summed E-state index contributed by atoms with van der Waals surface area (Å²) >= 11 is 0. The molecule has 1 unspecified atom stereocenters. The SMILES string of the molecule is Cc1ccc(CNCCC(O)C(C)C)c(C)c1. The molecule has 0 aliphatic rings. The van der Waals surface area contributed by atoms with Crippen LogP contribution < -0.4 is 5.32 Å². The summed E-state index contributed by atoms with van der Waals surface area (Å²) in [7, 11) is 0. The van der Waals surface area contributed by atoms with E-state index < -0.39 is 0 Å². The van der Waals surface area contributed by atoms with Crippen LogP contribution in [0.5, 0.6) is 0 Å². The molecule has 1 atom stereocenters. The molecule has 1 aromatic rings. The summed E-state index contributed by atoms with van der Waals surface area (Å²) in [6, 6.07) is 6.53. The Balaban J connectivity index is 2.31. The summed E-state index contributed by atoms with van der Waals surface area (Å²) in [5, 5.41) is 13.1. The largest absolute Gasteiger partial charge is 0.393 e. The first kappa shape index (κ1) is 14.2. The van der Waals surface area contributed by atoms with Crippen molar-refractivity contribution in [1.29, 1.82) is 0 Å². The van der Waals surface area contributed by atoms with Crippen LogP contribution in [0.4, 0.5) is 0 Å². The average molecular weight is 235 g/mol. The van der Waals surface area contributed by atoms with Crippen molar-refractivity contribution in [3.05, 3.63) is 34.9 Å². The van der Waals surface area contributed by atoms with E-state index in [1.165, 1.54) is 16.7 Å². The third kappa shape index (κ3) is 4.88. The standard InChI is InChI=1S/C15H25NO/c1-11(2)15(17)7-8-16-10-14-6-5-12(3)9-13(14)4/h5-6,9,11,15-17H,7-8,10H2,1-4H3. The van der Waals surface area contributed by atoms with E-state index >= 15 is 0 Å². The van der Waals surface area contributed by atoms with Crippen molar-refractivity contribution >= 4 is 0 Å². The molecule has 0 aliphatic carbocycles. The molecule has 0 aromatic heterocycles. The van der Waals surface area contributed by atoms with E-state index in [1.807, 2.05) is 0 Å². The van der Waals surface area contributed by atoms with Crippen LogP contribution in [0.15, 0.2) is 18.2 Å². The van der Waals surface area contributed by atoms with Gasteiger partial charge in [0.1, 0.15) is 0 Å². The van der Waals surface area contributed by atoms with Gasteiger partial charge in [-0.2, -0.15) is 0 Å². The molecular formula is C15H25NO. The van der Waals surface area contributed by atoms with Crippen molar-refractivity contribution in [2.75, 3.05) is 6.54 Å². The number of rotatable bonds is 6. The first-order chi connectivity index (χ1) is 8.00. The van der Waals surface area contributed by atoms with Gasteiger partial charge >= 0.3 is 0 Å². The van der Waals surface area contributed by atoms with E-state index in [1.54, 1.807) is 0 Å². The Kier molecular flexibility index (Phi) is 5.66. The van der Waals surface area contributed by atoms with Crippen molar-refractivity contribution in [3.8, 4) is 0 Å². The van der Waals surface area contributed by atoms with Crippen LogP contribution in [0.25, 0.3) is 0 Å². The van der Waals surface area contributed by atoms with E-state index in [4.69, 9.17) is 0 Å². The van der Waals surface area contributed by atoms with Crippen LogP contribution in [0.1, 0.15) is 37.0 Å². The highest BCUT2D eigenvalue weighted by Gasteiger charge is 2.07. The molecule has 0 saturated heterocycles. The predicted octanol–water partition coefficient (Wildman–Crippen LogP) is 2.80. The highest BCUT2D eigenvalue weighted by Crippen LogP contribution is 2.10. The highest BCUT2D eigenvalue weighted by molar-refractivity contribution is 5.30. The quantitative estimate of drug-likeness (QED) is 0.743. The minimum Gasteiger partial charge on any atom is -0.393 e. The van der Waals surface area contributed by atoms with Gasteiger partial charge in [-0.1, -0.05) is 37.6 Å². The van der Waals surface area contributed by atoms with Gasteiger partial charge in [-0.3, -0.25) is 0 Å². The number of nitrogens with one attached hydrogen (secondary N) is 1. The van der Waals surface area contributed by atoms with Crippen LogP contribution in [0.3, 0.4) is 0 Å².